The van der Waals surface area contributed by atoms with Crippen LogP contribution in [0.4, 0.5) is 0 Å². The van der Waals surface area contributed by atoms with Crippen LogP contribution in [0.25, 0.3) is 0 Å². The van der Waals surface area contributed by atoms with Crippen LogP contribution < -0.4 is 0 Å². The fourth-order valence-electron chi connectivity index (χ4n) is 0.825. The van der Waals surface area contributed by atoms with E-state index >= 15 is 0 Å². The fourth-order valence-corrected chi connectivity index (χ4v) is 0.825. The first-order valence-corrected chi connectivity index (χ1v) is 3.70. The molecule has 0 saturated carbocycles. The lowest BCUT2D eigenvalue weighted by atomic mass is 10.1. The number of hydrogen-bond donors (Lipinski definition) is 1. The molecule has 0 saturated heterocycles. The molecule has 0 aliphatic carbocycles. The summed E-state index contributed by atoms with van der Waals surface area (Å²) in [5, 5.41) is 13.2. The van der Waals surface area contributed by atoms with Crippen LogP contribution in [-0.4, -0.2) is 21.5 Å². The standard InChI is InChI=1S/C8H14N2O/c1-7-4-5-10(9-7)8(2,3)6-11/h4-5,11H,6H2,1-3H3. The normalized spacial score (nSPS) is 12.0. The zero-order valence-corrected chi connectivity index (χ0v) is 7.20. The molecule has 3 nitrogen and oxygen atoms in total. The molecule has 0 aliphatic heterocycles. The number of nitrogens with zero attached hydrogens (tertiary/aromatic N) is 2. The van der Waals surface area contributed by atoms with Gasteiger partial charge in [-0.1, -0.05) is 0 Å². The minimum Gasteiger partial charge on any atom is -0.394 e. The SMILES string of the molecule is Cc1ccn(C(C)(C)CO)n1. The van der Waals surface area contributed by atoms with E-state index in [-0.39, 0.29) is 12.1 Å². The van der Waals surface area contributed by atoms with Crippen LogP contribution in [0.3, 0.4) is 0 Å². The van der Waals surface area contributed by atoms with Gasteiger partial charge in [0.05, 0.1) is 17.8 Å². The highest BCUT2D eigenvalue weighted by atomic mass is 16.3. The lowest BCUT2D eigenvalue weighted by Crippen LogP contribution is -2.30. The van der Waals surface area contributed by atoms with Gasteiger partial charge >= 0.3 is 0 Å². The van der Waals surface area contributed by atoms with Crippen LogP contribution in [0, 0.1) is 6.92 Å². The van der Waals surface area contributed by atoms with Crippen LogP contribution in [-0.2, 0) is 5.54 Å². The highest BCUT2D eigenvalue weighted by molar-refractivity contribution is 4.97. The van der Waals surface area contributed by atoms with Gasteiger partial charge in [-0.25, -0.2) is 0 Å². The molecule has 0 aliphatic rings. The van der Waals surface area contributed by atoms with Crippen molar-refractivity contribution in [2.45, 2.75) is 26.3 Å². The molecular formula is C8H14N2O. The molecule has 0 radical (unpaired) electrons. The van der Waals surface area contributed by atoms with Gasteiger partial charge in [0.15, 0.2) is 0 Å². The quantitative estimate of drug-likeness (QED) is 0.687. The Labute approximate surface area is 66.7 Å². The summed E-state index contributed by atoms with van der Waals surface area (Å²) in [6, 6.07) is 1.93. The summed E-state index contributed by atoms with van der Waals surface area (Å²) in [7, 11) is 0. The third-order valence-corrected chi connectivity index (χ3v) is 1.73. The third kappa shape index (κ3) is 1.60. The second kappa shape index (κ2) is 2.66. The molecule has 0 aromatic carbocycles. The summed E-state index contributed by atoms with van der Waals surface area (Å²) in [6.07, 6.45) is 1.88. The minimum atomic E-state index is -0.283. The van der Waals surface area contributed by atoms with E-state index in [0.717, 1.165) is 5.69 Å². The Bertz CT molecular complexity index is 240. The van der Waals surface area contributed by atoms with Gasteiger partial charge in [-0.05, 0) is 26.8 Å². The number of aliphatic hydroxyl groups excluding tert-OH is 1. The Balaban J connectivity index is 2.92. The average Bonchev–Trinajstić information content (AvgIpc) is 2.36. The monoisotopic (exact) mass is 154 g/mol. The highest BCUT2D eigenvalue weighted by Crippen LogP contribution is 2.12. The van der Waals surface area contributed by atoms with Gasteiger partial charge in [-0.2, -0.15) is 5.10 Å². The van der Waals surface area contributed by atoms with E-state index in [2.05, 4.69) is 5.10 Å². The van der Waals surface area contributed by atoms with Crippen molar-refractivity contribution in [3.8, 4) is 0 Å². The van der Waals surface area contributed by atoms with E-state index in [1.165, 1.54) is 0 Å². The Morgan fingerprint density at radius 3 is 2.64 bits per heavy atom. The van der Waals surface area contributed by atoms with Gasteiger partial charge in [0.1, 0.15) is 0 Å². The van der Waals surface area contributed by atoms with Gasteiger partial charge in [0.25, 0.3) is 0 Å². The smallest absolute Gasteiger partial charge is 0.0801 e. The van der Waals surface area contributed by atoms with E-state index in [1.807, 2.05) is 33.0 Å². The molecule has 0 amide bonds. The van der Waals surface area contributed by atoms with Gasteiger partial charge in [0.2, 0.25) is 0 Å². The topological polar surface area (TPSA) is 38.0 Å². The fraction of sp³-hybridized carbons (Fsp3) is 0.625. The predicted octanol–water partition coefficient (Wildman–Crippen LogP) is 0.919. The van der Waals surface area contributed by atoms with Crippen LogP contribution in [0.15, 0.2) is 12.3 Å². The van der Waals surface area contributed by atoms with Crippen molar-refractivity contribution in [3.05, 3.63) is 18.0 Å². The Kier molecular flexibility index (Phi) is 2.00. The van der Waals surface area contributed by atoms with Crippen LogP contribution in [0.2, 0.25) is 0 Å². The molecule has 1 rings (SSSR count). The van der Waals surface area contributed by atoms with Crippen molar-refractivity contribution >= 4 is 0 Å². The Morgan fingerprint density at radius 1 is 1.64 bits per heavy atom. The summed E-state index contributed by atoms with van der Waals surface area (Å²) in [5.74, 6) is 0. The predicted molar refractivity (Wildman–Crippen MR) is 43.4 cm³/mol. The van der Waals surface area contributed by atoms with Crippen LogP contribution >= 0.6 is 0 Å². The molecule has 0 fully saturated rings. The maximum Gasteiger partial charge on any atom is 0.0801 e. The zero-order chi connectivity index (χ0) is 8.48. The molecule has 11 heavy (non-hydrogen) atoms. The average molecular weight is 154 g/mol. The van der Waals surface area contributed by atoms with E-state index in [4.69, 9.17) is 5.11 Å². The first-order valence-electron chi connectivity index (χ1n) is 3.70. The number of aliphatic hydroxyl groups is 1. The number of aryl methyl sites for hydroxylation is 1. The molecule has 1 N–H and O–H groups in total. The lowest BCUT2D eigenvalue weighted by molar-refractivity contribution is 0.152. The van der Waals surface area contributed by atoms with Gasteiger partial charge in [0, 0.05) is 6.20 Å². The minimum absolute atomic E-state index is 0.105. The number of rotatable bonds is 2. The molecule has 62 valence electrons. The van der Waals surface area contributed by atoms with Gasteiger partial charge in [-0.15, -0.1) is 0 Å². The third-order valence-electron chi connectivity index (χ3n) is 1.73. The van der Waals surface area contributed by atoms with E-state index in [0.29, 0.717) is 0 Å². The lowest BCUT2D eigenvalue weighted by Gasteiger charge is -2.22. The summed E-state index contributed by atoms with van der Waals surface area (Å²) in [4.78, 5) is 0. The van der Waals surface area contributed by atoms with Crippen molar-refractivity contribution in [1.29, 1.82) is 0 Å². The van der Waals surface area contributed by atoms with Crippen LogP contribution in [0.5, 0.6) is 0 Å². The van der Waals surface area contributed by atoms with E-state index in [1.54, 1.807) is 4.68 Å². The number of aromatic nitrogens is 2. The second-order valence-corrected chi connectivity index (χ2v) is 3.37. The summed E-state index contributed by atoms with van der Waals surface area (Å²) in [6.45, 7) is 5.93. The van der Waals surface area contributed by atoms with E-state index < -0.39 is 0 Å². The summed E-state index contributed by atoms with van der Waals surface area (Å²) in [5.41, 5.74) is 0.695. The first kappa shape index (κ1) is 8.27. The molecule has 0 spiro atoms. The molecule has 0 atom stereocenters. The molecule has 1 aromatic heterocycles. The molecule has 1 heterocycles. The van der Waals surface area contributed by atoms with Crippen molar-refractivity contribution in [3.63, 3.8) is 0 Å². The highest BCUT2D eigenvalue weighted by Gasteiger charge is 2.18. The first-order chi connectivity index (χ1) is 5.06. The molecule has 3 heteroatoms. The molecule has 1 aromatic rings. The maximum absolute atomic E-state index is 9.00. The number of hydrogen-bond acceptors (Lipinski definition) is 2. The molecule has 0 unspecified atom stereocenters. The largest absolute Gasteiger partial charge is 0.394 e. The Morgan fingerprint density at radius 2 is 2.27 bits per heavy atom. The molecule has 0 bridgehead atoms. The molecular weight excluding hydrogens is 140 g/mol. The Hall–Kier alpha value is -0.830. The second-order valence-electron chi connectivity index (χ2n) is 3.37. The van der Waals surface area contributed by atoms with Crippen molar-refractivity contribution < 1.29 is 5.11 Å². The van der Waals surface area contributed by atoms with Crippen molar-refractivity contribution in [2.75, 3.05) is 6.61 Å². The zero-order valence-electron chi connectivity index (χ0n) is 7.20. The van der Waals surface area contributed by atoms with Gasteiger partial charge in [-0.3, -0.25) is 4.68 Å². The summed E-state index contributed by atoms with van der Waals surface area (Å²) >= 11 is 0. The van der Waals surface area contributed by atoms with Crippen molar-refractivity contribution in [2.24, 2.45) is 0 Å². The van der Waals surface area contributed by atoms with Gasteiger partial charge < -0.3 is 5.11 Å². The van der Waals surface area contributed by atoms with Crippen LogP contribution in [0.1, 0.15) is 19.5 Å². The van der Waals surface area contributed by atoms with Crippen molar-refractivity contribution in [1.82, 2.24) is 9.78 Å². The van der Waals surface area contributed by atoms with E-state index in [9.17, 15) is 0 Å². The summed E-state index contributed by atoms with van der Waals surface area (Å²) < 4.78 is 1.78. The maximum atomic E-state index is 9.00.